The third-order valence-electron chi connectivity index (χ3n) is 3.35. The molecule has 0 unspecified atom stereocenters. The predicted octanol–water partition coefficient (Wildman–Crippen LogP) is 2.97. The van der Waals surface area contributed by atoms with Gasteiger partial charge in [-0.15, -0.1) is 0 Å². The maximum Gasteiger partial charge on any atom is 0.162 e. The molecular formula is C16H26N2O2. The van der Waals surface area contributed by atoms with E-state index in [1.165, 1.54) is 6.92 Å². The highest BCUT2D eigenvalue weighted by Gasteiger charge is 2.13. The molecule has 20 heavy (non-hydrogen) atoms. The fraction of sp³-hybridized carbons (Fsp3) is 0.562. The van der Waals surface area contributed by atoms with Gasteiger partial charge in [-0.3, -0.25) is 9.69 Å². The first-order chi connectivity index (χ1) is 9.32. The highest BCUT2D eigenvalue weighted by molar-refractivity contribution is 5.99. The van der Waals surface area contributed by atoms with E-state index in [-0.39, 0.29) is 5.78 Å². The predicted molar refractivity (Wildman–Crippen MR) is 83.3 cm³/mol. The van der Waals surface area contributed by atoms with Crippen LogP contribution >= 0.6 is 0 Å². The van der Waals surface area contributed by atoms with Gasteiger partial charge in [-0.2, -0.15) is 0 Å². The molecule has 2 N–H and O–H groups in total. The highest BCUT2D eigenvalue weighted by atomic mass is 16.5. The summed E-state index contributed by atoms with van der Waals surface area (Å²) in [7, 11) is 0. The van der Waals surface area contributed by atoms with Crippen molar-refractivity contribution >= 4 is 11.5 Å². The van der Waals surface area contributed by atoms with Gasteiger partial charge in [0.05, 0.1) is 0 Å². The van der Waals surface area contributed by atoms with Crippen molar-refractivity contribution < 1.29 is 9.53 Å². The van der Waals surface area contributed by atoms with Crippen molar-refractivity contribution in [2.75, 3.05) is 18.9 Å². The van der Waals surface area contributed by atoms with Gasteiger partial charge in [0.1, 0.15) is 12.4 Å². The highest BCUT2D eigenvalue weighted by Crippen LogP contribution is 2.20. The van der Waals surface area contributed by atoms with Crippen molar-refractivity contribution in [3.63, 3.8) is 0 Å². The molecule has 0 aromatic heterocycles. The van der Waals surface area contributed by atoms with Gasteiger partial charge >= 0.3 is 0 Å². The molecule has 1 aromatic carbocycles. The van der Waals surface area contributed by atoms with E-state index in [0.29, 0.717) is 35.7 Å². The lowest BCUT2D eigenvalue weighted by Crippen LogP contribution is -2.39. The standard InChI is InChI=1S/C16H26N2O2/c1-11(2)18(12(3)4)8-9-20-14-6-7-16(17)15(10-14)13(5)19/h6-7,10-12H,8-9,17H2,1-5H3. The maximum absolute atomic E-state index is 11.4. The average Bonchev–Trinajstić information content (AvgIpc) is 2.35. The lowest BCUT2D eigenvalue weighted by Gasteiger charge is -2.30. The van der Waals surface area contributed by atoms with Crippen molar-refractivity contribution in [2.24, 2.45) is 0 Å². The second-order valence-corrected chi connectivity index (χ2v) is 5.58. The van der Waals surface area contributed by atoms with Gasteiger partial charge in [0.15, 0.2) is 5.78 Å². The van der Waals surface area contributed by atoms with Gasteiger partial charge in [0, 0.05) is 29.9 Å². The first-order valence-electron chi connectivity index (χ1n) is 7.12. The van der Waals surface area contributed by atoms with E-state index in [9.17, 15) is 4.79 Å². The molecule has 0 aliphatic carbocycles. The van der Waals surface area contributed by atoms with Crippen LogP contribution in [0, 0.1) is 0 Å². The zero-order valence-corrected chi connectivity index (χ0v) is 13.1. The fourth-order valence-electron chi connectivity index (χ4n) is 2.31. The van der Waals surface area contributed by atoms with Gasteiger partial charge in [-0.1, -0.05) is 0 Å². The number of rotatable bonds is 7. The summed E-state index contributed by atoms with van der Waals surface area (Å²) in [4.78, 5) is 13.8. The number of hydrogen-bond acceptors (Lipinski definition) is 4. The molecule has 0 amide bonds. The maximum atomic E-state index is 11.4. The number of nitrogens with zero attached hydrogens (tertiary/aromatic N) is 1. The van der Waals surface area contributed by atoms with Crippen LogP contribution in [-0.2, 0) is 0 Å². The number of carbonyl (C=O) groups is 1. The molecule has 0 fully saturated rings. The normalized spacial score (nSPS) is 11.4. The number of nitrogen functional groups attached to an aromatic ring is 1. The van der Waals surface area contributed by atoms with Crippen molar-refractivity contribution in [2.45, 2.75) is 46.7 Å². The smallest absolute Gasteiger partial charge is 0.162 e. The summed E-state index contributed by atoms with van der Waals surface area (Å²) in [5.41, 5.74) is 6.78. The molecule has 0 saturated heterocycles. The third-order valence-corrected chi connectivity index (χ3v) is 3.35. The van der Waals surface area contributed by atoms with Crippen molar-refractivity contribution in [3.05, 3.63) is 23.8 Å². The Labute approximate surface area is 121 Å². The fourth-order valence-corrected chi connectivity index (χ4v) is 2.31. The number of ketones is 1. The lowest BCUT2D eigenvalue weighted by molar-refractivity contribution is 0.101. The Kier molecular flexibility index (Phi) is 6.02. The quantitative estimate of drug-likeness (QED) is 0.615. The third kappa shape index (κ3) is 4.53. The molecule has 0 bridgehead atoms. The van der Waals surface area contributed by atoms with Gasteiger partial charge in [-0.25, -0.2) is 0 Å². The summed E-state index contributed by atoms with van der Waals surface area (Å²) in [5.74, 6) is 0.649. The van der Waals surface area contributed by atoms with Crippen LogP contribution in [0.25, 0.3) is 0 Å². The summed E-state index contributed by atoms with van der Waals surface area (Å²) in [6.45, 7) is 11.7. The monoisotopic (exact) mass is 278 g/mol. The van der Waals surface area contributed by atoms with E-state index in [0.717, 1.165) is 6.54 Å². The molecule has 1 rings (SSSR count). The average molecular weight is 278 g/mol. The van der Waals surface area contributed by atoms with E-state index in [1.54, 1.807) is 18.2 Å². The topological polar surface area (TPSA) is 55.6 Å². The van der Waals surface area contributed by atoms with Crippen molar-refractivity contribution in [1.29, 1.82) is 0 Å². The van der Waals surface area contributed by atoms with Crippen LogP contribution in [0.5, 0.6) is 5.75 Å². The molecule has 0 spiro atoms. The Morgan fingerprint density at radius 1 is 1.25 bits per heavy atom. The Hall–Kier alpha value is -1.55. The van der Waals surface area contributed by atoms with Gasteiger partial charge in [-0.05, 0) is 52.8 Å². The van der Waals surface area contributed by atoms with E-state index < -0.39 is 0 Å². The molecule has 0 radical (unpaired) electrons. The molecule has 4 heteroatoms. The van der Waals surface area contributed by atoms with E-state index in [1.807, 2.05) is 0 Å². The van der Waals surface area contributed by atoms with Crippen LogP contribution in [0.4, 0.5) is 5.69 Å². The molecule has 0 saturated carbocycles. The summed E-state index contributed by atoms with van der Waals surface area (Å²) < 4.78 is 5.73. The van der Waals surface area contributed by atoms with Crippen molar-refractivity contribution in [3.8, 4) is 5.75 Å². The van der Waals surface area contributed by atoms with Gasteiger partial charge < -0.3 is 10.5 Å². The van der Waals surface area contributed by atoms with Crippen LogP contribution in [0.1, 0.15) is 45.0 Å². The zero-order valence-electron chi connectivity index (χ0n) is 13.1. The van der Waals surface area contributed by atoms with Crippen LogP contribution < -0.4 is 10.5 Å². The second kappa shape index (κ2) is 7.29. The minimum absolute atomic E-state index is 0.0427. The number of carbonyl (C=O) groups excluding carboxylic acids is 1. The Morgan fingerprint density at radius 3 is 2.35 bits per heavy atom. The molecular weight excluding hydrogens is 252 g/mol. The number of Topliss-reactive ketones (excluding diaryl/α,β-unsaturated/α-hetero) is 1. The van der Waals surface area contributed by atoms with Crippen LogP contribution in [-0.4, -0.2) is 35.9 Å². The molecule has 4 nitrogen and oxygen atoms in total. The summed E-state index contributed by atoms with van der Waals surface area (Å²) in [5, 5.41) is 0. The number of benzene rings is 1. The molecule has 1 aromatic rings. The number of hydrogen-bond donors (Lipinski definition) is 1. The summed E-state index contributed by atoms with van der Waals surface area (Å²) >= 11 is 0. The van der Waals surface area contributed by atoms with Crippen LogP contribution in [0.15, 0.2) is 18.2 Å². The van der Waals surface area contributed by atoms with Gasteiger partial charge in [0.25, 0.3) is 0 Å². The molecule has 0 aliphatic heterocycles. The summed E-state index contributed by atoms with van der Waals surface area (Å²) in [6, 6.07) is 6.20. The Morgan fingerprint density at radius 2 is 1.85 bits per heavy atom. The van der Waals surface area contributed by atoms with E-state index in [2.05, 4.69) is 32.6 Å². The minimum Gasteiger partial charge on any atom is -0.492 e. The van der Waals surface area contributed by atoms with Gasteiger partial charge in [0.2, 0.25) is 0 Å². The Bertz CT molecular complexity index is 448. The molecule has 0 heterocycles. The molecule has 0 atom stereocenters. The van der Waals surface area contributed by atoms with E-state index >= 15 is 0 Å². The number of nitrogens with two attached hydrogens (primary N) is 1. The summed E-state index contributed by atoms with van der Waals surface area (Å²) in [6.07, 6.45) is 0. The SMILES string of the molecule is CC(=O)c1cc(OCCN(C(C)C)C(C)C)ccc1N. The molecule has 0 aliphatic rings. The van der Waals surface area contributed by atoms with E-state index in [4.69, 9.17) is 10.5 Å². The minimum atomic E-state index is -0.0427. The number of anilines is 1. The Balaban J connectivity index is 2.62. The molecule has 112 valence electrons. The largest absolute Gasteiger partial charge is 0.492 e. The van der Waals surface area contributed by atoms with Crippen LogP contribution in [0.3, 0.4) is 0 Å². The first kappa shape index (κ1) is 16.5. The van der Waals surface area contributed by atoms with Crippen LogP contribution in [0.2, 0.25) is 0 Å². The lowest BCUT2D eigenvalue weighted by atomic mass is 10.1. The first-order valence-corrected chi connectivity index (χ1v) is 7.12. The number of ether oxygens (including phenoxy) is 1. The second-order valence-electron chi connectivity index (χ2n) is 5.58. The van der Waals surface area contributed by atoms with Crippen molar-refractivity contribution in [1.82, 2.24) is 4.90 Å². The zero-order chi connectivity index (χ0) is 15.3.